The Kier molecular flexibility index (Phi) is 4.40. The highest BCUT2D eigenvalue weighted by Gasteiger charge is 2.29. The van der Waals surface area contributed by atoms with Gasteiger partial charge in [0.05, 0.1) is 11.7 Å². The number of anilines is 1. The highest BCUT2D eigenvalue weighted by molar-refractivity contribution is 9.10. The Balaban J connectivity index is 2.26. The van der Waals surface area contributed by atoms with E-state index in [0.29, 0.717) is 0 Å². The quantitative estimate of drug-likeness (QED) is 0.931. The summed E-state index contributed by atoms with van der Waals surface area (Å²) in [7, 11) is 0. The summed E-state index contributed by atoms with van der Waals surface area (Å²) in [4.78, 5) is 14.3. The Morgan fingerprint density at radius 1 is 1.50 bits per heavy atom. The van der Waals surface area contributed by atoms with Crippen LogP contribution in [-0.4, -0.2) is 25.0 Å². The zero-order chi connectivity index (χ0) is 13.1. The predicted molar refractivity (Wildman–Crippen MR) is 77.9 cm³/mol. The van der Waals surface area contributed by atoms with E-state index in [4.69, 9.17) is 0 Å². The molecule has 98 valence electrons. The van der Waals surface area contributed by atoms with Crippen LogP contribution in [-0.2, 0) is 4.79 Å². The van der Waals surface area contributed by atoms with Crippen molar-refractivity contribution in [2.24, 2.45) is 0 Å². The van der Waals surface area contributed by atoms with Crippen LogP contribution in [0.5, 0.6) is 0 Å². The summed E-state index contributed by atoms with van der Waals surface area (Å²) in [6.07, 6.45) is 1.98. The van der Waals surface area contributed by atoms with Crippen LogP contribution in [0.15, 0.2) is 22.7 Å². The highest BCUT2D eigenvalue weighted by atomic mass is 79.9. The molecule has 0 aromatic heterocycles. The molecular weight excluding hydrogens is 292 g/mol. The Morgan fingerprint density at radius 2 is 2.28 bits per heavy atom. The second-order valence-corrected chi connectivity index (χ2v) is 5.55. The molecule has 18 heavy (non-hydrogen) atoms. The van der Waals surface area contributed by atoms with E-state index < -0.39 is 0 Å². The SMILES string of the molecule is CCNC1CCCN(c2cc(C)ccc2Br)C1=O. The molecule has 1 unspecified atom stereocenters. The lowest BCUT2D eigenvalue weighted by Crippen LogP contribution is -2.50. The molecule has 1 saturated heterocycles. The van der Waals surface area contributed by atoms with Crippen LogP contribution >= 0.6 is 15.9 Å². The fourth-order valence-corrected chi connectivity index (χ4v) is 2.84. The minimum Gasteiger partial charge on any atom is -0.310 e. The molecule has 2 rings (SSSR count). The molecule has 1 atom stereocenters. The third-order valence-corrected chi connectivity index (χ3v) is 3.95. The van der Waals surface area contributed by atoms with Crippen LogP contribution in [0.3, 0.4) is 0 Å². The average molecular weight is 311 g/mol. The van der Waals surface area contributed by atoms with Crippen molar-refractivity contribution in [3.63, 3.8) is 0 Å². The summed E-state index contributed by atoms with van der Waals surface area (Å²) in [5.74, 6) is 0.189. The van der Waals surface area contributed by atoms with Gasteiger partial charge in [0.2, 0.25) is 5.91 Å². The van der Waals surface area contributed by atoms with Crippen LogP contribution < -0.4 is 10.2 Å². The maximum atomic E-state index is 12.4. The third kappa shape index (κ3) is 2.75. The summed E-state index contributed by atoms with van der Waals surface area (Å²) in [6, 6.07) is 6.09. The molecule has 0 radical (unpaired) electrons. The van der Waals surface area contributed by atoms with Gasteiger partial charge in [-0.3, -0.25) is 4.79 Å². The largest absolute Gasteiger partial charge is 0.310 e. The summed E-state index contributed by atoms with van der Waals surface area (Å²) in [6.45, 7) is 5.73. The first-order chi connectivity index (χ1) is 8.63. The van der Waals surface area contributed by atoms with Gasteiger partial charge in [-0.05, 0) is 59.9 Å². The molecule has 1 aromatic carbocycles. The van der Waals surface area contributed by atoms with Crippen molar-refractivity contribution in [1.82, 2.24) is 5.32 Å². The van der Waals surface area contributed by atoms with E-state index in [2.05, 4.69) is 27.3 Å². The van der Waals surface area contributed by atoms with Crippen LogP contribution in [0.25, 0.3) is 0 Å². The summed E-state index contributed by atoms with van der Waals surface area (Å²) < 4.78 is 0.985. The Hall–Kier alpha value is -0.870. The maximum Gasteiger partial charge on any atom is 0.244 e. The molecule has 0 bridgehead atoms. The topological polar surface area (TPSA) is 32.3 Å². The van der Waals surface area contributed by atoms with Gasteiger partial charge in [0, 0.05) is 11.0 Å². The maximum absolute atomic E-state index is 12.4. The fourth-order valence-electron chi connectivity index (χ4n) is 2.38. The lowest BCUT2D eigenvalue weighted by molar-refractivity contribution is -0.121. The number of likely N-dealkylation sites (N-methyl/N-ethyl adjacent to an activating group) is 1. The van der Waals surface area contributed by atoms with Gasteiger partial charge in [-0.15, -0.1) is 0 Å². The number of piperidine rings is 1. The molecule has 1 N–H and O–H groups in total. The molecule has 0 saturated carbocycles. The van der Waals surface area contributed by atoms with E-state index in [1.54, 1.807) is 0 Å². The number of rotatable bonds is 3. The molecule has 1 aromatic rings. The number of hydrogen-bond donors (Lipinski definition) is 1. The second-order valence-electron chi connectivity index (χ2n) is 4.70. The summed E-state index contributed by atoms with van der Waals surface area (Å²) >= 11 is 3.54. The van der Waals surface area contributed by atoms with Gasteiger partial charge in [-0.25, -0.2) is 0 Å². The van der Waals surface area contributed by atoms with Crippen molar-refractivity contribution < 1.29 is 4.79 Å². The average Bonchev–Trinajstić information content (AvgIpc) is 2.35. The van der Waals surface area contributed by atoms with E-state index in [1.807, 2.05) is 30.9 Å². The number of aryl methyl sites for hydroxylation is 1. The first kappa shape index (κ1) is 13.6. The van der Waals surface area contributed by atoms with Gasteiger partial charge < -0.3 is 10.2 Å². The van der Waals surface area contributed by atoms with Crippen molar-refractivity contribution in [2.45, 2.75) is 32.7 Å². The zero-order valence-corrected chi connectivity index (χ0v) is 12.5. The molecule has 1 fully saturated rings. The van der Waals surface area contributed by atoms with Crippen molar-refractivity contribution >= 4 is 27.5 Å². The van der Waals surface area contributed by atoms with Crippen LogP contribution in [0.1, 0.15) is 25.3 Å². The Morgan fingerprint density at radius 3 is 3.00 bits per heavy atom. The van der Waals surface area contributed by atoms with E-state index in [0.717, 1.165) is 36.1 Å². The lowest BCUT2D eigenvalue weighted by Gasteiger charge is -2.33. The van der Waals surface area contributed by atoms with Crippen LogP contribution in [0, 0.1) is 6.92 Å². The Bertz CT molecular complexity index is 445. The smallest absolute Gasteiger partial charge is 0.244 e. The first-order valence-corrected chi connectivity index (χ1v) is 7.23. The third-order valence-electron chi connectivity index (χ3n) is 3.28. The molecule has 1 aliphatic rings. The predicted octanol–water partition coefficient (Wildman–Crippen LogP) is 2.86. The number of benzene rings is 1. The Labute approximate surface area is 117 Å². The normalized spacial score (nSPS) is 20.3. The van der Waals surface area contributed by atoms with E-state index in [-0.39, 0.29) is 11.9 Å². The molecule has 4 heteroatoms. The van der Waals surface area contributed by atoms with E-state index in [1.165, 1.54) is 5.56 Å². The van der Waals surface area contributed by atoms with Gasteiger partial charge in [0.1, 0.15) is 0 Å². The van der Waals surface area contributed by atoms with Gasteiger partial charge in [-0.2, -0.15) is 0 Å². The molecule has 0 spiro atoms. The number of carbonyl (C=O) groups is 1. The highest BCUT2D eigenvalue weighted by Crippen LogP contribution is 2.30. The number of hydrogen-bond acceptors (Lipinski definition) is 2. The number of nitrogens with zero attached hydrogens (tertiary/aromatic N) is 1. The number of carbonyl (C=O) groups excluding carboxylic acids is 1. The van der Waals surface area contributed by atoms with Crippen molar-refractivity contribution in [3.05, 3.63) is 28.2 Å². The van der Waals surface area contributed by atoms with Gasteiger partial charge >= 0.3 is 0 Å². The minimum atomic E-state index is -0.0313. The first-order valence-electron chi connectivity index (χ1n) is 6.44. The van der Waals surface area contributed by atoms with Crippen molar-refractivity contribution in [1.29, 1.82) is 0 Å². The van der Waals surface area contributed by atoms with Crippen molar-refractivity contribution in [3.8, 4) is 0 Å². The standard InChI is InChI=1S/C14H19BrN2O/c1-3-16-12-5-4-8-17(14(12)18)13-9-10(2)6-7-11(13)15/h6-7,9,12,16H,3-5,8H2,1-2H3. The molecule has 1 aliphatic heterocycles. The number of nitrogens with one attached hydrogen (secondary N) is 1. The number of halogens is 1. The van der Waals surface area contributed by atoms with Gasteiger partial charge in [-0.1, -0.05) is 13.0 Å². The van der Waals surface area contributed by atoms with E-state index in [9.17, 15) is 4.79 Å². The van der Waals surface area contributed by atoms with Gasteiger partial charge in [0.15, 0.2) is 0 Å². The second kappa shape index (κ2) is 5.85. The summed E-state index contributed by atoms with van der Waals surface area (Å²) in [5.41, 5.74) is 2.16. The monoisotopic (exact) mass is 310 g/mol. The molecule has 3 nitrogen and oxygen atoms in total. The van der Waals surface area contributed by atoms with Crippen molar-refractivity contribution in [2.75, 3.05) is 18.0 Å². The molecule has 0 aliphatic carbocycles. The van der Waals surface area contributed by atoms with Gasteiger partial charge in [0.25, 0.3) is 0 Å². The molecule has 1 heterocycles. The van der Waals surface area contributed by atoms with E-state index >= 15 is 0 Å². The fraction of sp³-hybridized carbons (Fsp3) is 0.500. The van der Waals surface area contributed by atoms with Crippen LogP contribution in [0.2, 0.25) is 0 Å². The molecular formula is C14H19BrN2O. The minimum absolute atomic E-state index is 0.0313. The van der Waals surface area contributed by atoms with Crippen LogP contribution in [0.4, 0.5) is 5.69 Å². The molecule has 1 amide bonds. The summed E-state index contributed by atoms with van der Waals surface area (Å²) in [5, 5.41) is 3.26. The lowest BCUT2D eigenvalue weighted by atomic mass is 10.0. The number of amides is 1. The zero-order valence-electron chi connectivity index (χ0n) is 10.9.